The number of hydrogen-bond acceptors (Lipinski definition) is 4. The molecule has 13 heavy (non-hydrogen) atoms. The predicted molar refractivity (Wildman–Crippen MR) is 51.1 cm³/mol. The second-order valence-corrected chi connectivity index (χ2v) is 5.06. The molecule has 2 fully saturated rings. The molecular formula is C8H14N2O2S. The summed E-state index contributed by atoms with van der Waals surface area (Å²) >= 11 is 1.72. The van der Waals surface area contributed by atoms with Crippen molar-refractivity contribution in [3.63, 3.8) is 0 Å². The molecule has 2 aliphatic rings. The standard InChI is InChI=1S/C8H14N2O2S/c1-4(11)6-7(12)10-3-5(2-9)13-8(6)10/h4-6,8,11H,2-3,9H2,1H3/t4-,5?,6+,8-/m1/s1. The maximum Gasteiger partial charge on any atom is 0.232 e. The minimum absolute atomic E-state index is 0.0865. The van der Waals surface area contributed by atoms with Gasteiger partial charge in [0.1, 0.15) is 0 Å². The lowest BCUT2D eigenvalue weighted by atomic mass is 9.93. The molecule has 3 N–H and O–H groups in total. The smallest absolute Gasteiger partial charge is 0.232 e. The number of hydrogen-bond donors (Lipinski definition) is 2. The highest BCUT2D eigenvalue weighted by atomic mass is 32.2. The number of carbonyl (C=O) groups excluding carboxylic acids is 1. The summed E-state index contributed by atoms with van der Waals surface area (Å²) in [5, 5.41) is 9.90. The summed E-state index contributed by atoms with van der Waals surface area (Å²) in [7, 11) is 0. The Kier molecular flexibility index (Phi) is 2.25. The summed E-state index contributed by atoms with van der Waals surface area (Å²) < 4.78 is 0. The van der Waals surface area contributed by atoms with E-state index in [9.17, 15) is 9.90 Å². The van der Waals surface area contributed by atoms with Gasteiger partial charge >= 0.3 is 0 Å². The first kappa shape index (κ1) is 9.30. The van der Waals surface area contributed by atoms with E-state index in [1.165, 1.54) is 0 Å². The summed E-state index contributed by atoms with van der Waals surface area (Å²) in [5.41, 5.74) is 5.53. The quantitative estimate of drug-likeness (QED) is 0.577. The highest BCUT2D eigenvalue weighted by Gasteiger charge is 2.54. The Balaban J connectivity index is 2.04. The summed E-state index contributed by atoms with van der Waals surface area (Å²) in [4.78, 5) is 13.3. The molecule has 0 spiro atoms. The first-order valence-electron chi connectivity index (χ1n) is 4.49. The van der Waals surface area contributed by atoms with Crippen molar-refractivity contribution in [2.24, 2.45) is 11.7 Å². The average molecular weight is 202 g/mol. The van der Waals surface area contributed by atoms with Crippen molar-refractivity contribution in [3.05, 3.63) is 0 Å². The van der Waals surface area contributed by atoms with E-state index in [-0.39, 0.29) is 17.2 Å². The van der Waals surface area contributed by atoms with E-state index >= 15 is 0 Å². The second-order valence-electron chi connectivity index (χ2n) is 3.64. The van der Waals surface area contributed by atoms with E-state index in [0.29, 0.717) is 11.8 Å². The van der Waals surface area contributed by atoms with Crippen LogP contribution < -0.4 is 5.73 Å². The molecule has 5 heteroatoms. The van der Waals surface area contributed by atoms with Crippen LogP contribution in [0.2, 0.25) is 0 Å². The van der Waals surface area contributed by atoms with Crippen LogP contribution in [0.25, 0.3) is 0 Å². The lowest BCUT2D eigenvalue weighted by Gasteiger charge is -2.42. The van der Waals surface area contributed by atoms with Gasteiger partial charge in [0.2, 0.25) is 5.91 Å². The van der Waals surface area contributed by atoms with E-state index in [4.69, 9.17) is 5.73 Å². The van der Waals surface area contributed by atoms with E-state index < -0.39 is 6.10 Å². The van der Waals surface area contributed by atoms with E-state index in [1.54, 1.807) is 18.7 Å². The molecule has 0 bridgehead atoms. The van der Waals surface area contributed by atoms with Crippen molar-refractivity contribution >= 4 is 17.7 Å². The van der Waals surface area contributed by atoms with Gasteiger partial charge in [-0.05, 0) is 6.92 Å². The minimum atomic E-state index is -0.530. The van der Waals surface area contributed by atoms with Crippen LogP contribution in [0, 0.1) is 5.92 Å². The Bertz CT molecular complexity index is 234. The summed E-state index contributed by atoms with van der Waals surface area (Å²) in [6, 6.07) is 0. The molecule has 74 valence electrons. The van der Waals surface area contributed by atoms with Gasteiger partial charge < -0.3 is 15.7 Å². The fourth-order valence-corrected chi connectivity index (χ4v) is 3.54. The fraction of sp³-hybridized carbons (Fsp3) is 0.875. The van der Waals surface area contributed by atoms with Gasteiger partial charge in [0.05, 0.1) is 17.4 Å². The number of nitrogens with zero attached hydrogens (tertiary/aromatic N) is 1. The fourth-order valence-electron chi connectivity index (χ4n) is 1.94. The van der Waals surface area contributed by atoms with Gasteiger partial charge in [-0.1, -0.05) is 0 Å². The topological polar surface area (TPSA) is 66.6 Å². The molecule has 1 amide bonds. The third-order valence-electron chi connectivity index (χ3n) is 2.70. The third kappa shape index (κ3) is 1.26. The van der Waals surface area contributed by atoms with E-state index in [1.807, 2.05) is 4.90 Å². The largest absolute Gasteiger partial charge is 0.392 e. The number of fused-ring (bicyclic) bond motifs is 1. The molecule has 2 heterocycles. The maximum absolute atomic E-state index is 11.5. The zero-order chi connectivity index (χ0) is 9.59. The molecule has 0 radical (unpaired) electrons. The van der Waals surface area contributed by atoms with Crippen molar-refractivity contribution in [1.29, 1.82) is 0 Å². The summed E-state index contributed by atoms with van der Waals surface area (Å²) in [6.07, 6.45) is -0.530. The van der Waals surface area contributed by atoms with E-state index in [0.717, 1.165) is 6.54 Å². The SMILES string of the molecule is C[C@@H](O)[C@H]1C(=O)N2CC(CN)S[C@H]12. The third-order valence-corrected chi connectivity index (χ3v) is 4.25. The summed E-state index contributed by atoms with van der Waals surface area (Å²) in [6.45, 7) is 3.04. The Hall–Kier alpha value is -0.260. The molecule has 0 aromatic heterocycles. The Morgan fingerprint density at radius 1 is 1.85 bits per heavy atom. The number of carbonyl (C=O) groups is 1. The second kappa shape index (κ2) is 3.15. The molecule has 0 saturated carbocycles. The van der Waals surface area contributed by atoms with Crippen molar-refractivity contribution in [2.75, 3.05) is 13.1 Å². The Morgan fingerprint density at radius 3 is 3.08 bits per heavy atom. The van der Waals surface area contributed by atoms with Crippen LogP contribution in [-0.4, -0.2) is 45.7 Å². The highest BCUT2D eigenvalue weighted by molar-refractivity contribution is 8.00. The molecule has 0 aromatic rings. The number of amides is 1. The van der Waals surface area contributed by atoms with Crippen LogP contribution in [0.4, 0.5) is 0 Å². The van der Waals surface area contributed by atoms with Gasteiger partial charge in [-0.3, -0.25) is 4.79 Å². The number of β-lactam (4-membered cyclic amide) rings is 1. The maximum atomic E-state index is 11.5. The normalized spacial score (nSPS) is 40.1. The Labute approximate surface area is 81.5 Å². The van der Waals surface area contributed by atoms with Crippen molar-refractivity contribution in [1.82, 2.24) is 4.90 Å². The van der Waals surface area contributed by atoms with Gasteiger partial charge in [0.25, 0.3) is 0 Å². The molecule has 0 aliphatic carbocycles. The van der Waals surface area contributed by atoms with Crippen molar-refractivity contribution < 1.29 is 9.90 Å². The van der Waals surface area contributed by atoms with Crippen LogP contribution in [0.3, 0.4) is 0 Å². The lowest BCUT2D eigenvalue weighted by molar-refractivity contribution is -0.155. The number of aliphatic hydroxyl groups excluding tert-OH is 1. The first-order valence-corrected chi connectivity index (χ1v) is 5.43. The predicted octanol–water partition coefficient (Wildman–Crippen LogP) is -0.774. The van der Waals surface area contributed by atoms with Crippen molar-refractivity contribution in [3.8, 4) is 0 Å². The van der Waals surface area contributed by atoms with Gasteiger partial charge in [0, 0.05) is 18.3 Å². The average Bonchev–Trinajstić information content (AvgIpc) is 2.43. The monoisotopic (exact) mass is 202 g/mol. The zero-order valence-electron chi connectivity index (χ0n) is 7.51. The number of thioether (sulfide) groups is 1. The van der Waals surface area contributed by atoms with Gasteiger partial charge in [-0.25, -0.2) is 0 Å². The van der Waals surface area contributed by atoms with Gasteiger partial charge in [-0.2, -0.15) is 0 Å². The van der Waals surface area contributed by atoms with Gasteiger partial charge in [0.15, 0.2) is 0 Å². The molecule has 2 aliphatic heterocycles. The van der Waals surface area contributed by atoms with E-state index in [2.05, 4.69) is 0 Å². The first-order chi connectivity index (χ1) is 6.15. The van der Waals surface area contributed by atoms with Crippen LogP contribution in [0.1, 0.15) is 6.92 Å². The molecule has 4 nitrogen and oxygen atoms in total. The van der Waals surface area contributed by atoms with Gasteiger partial charge in [-0.15, -0.1) is 11.8 Å². The molecule has 4 atom stereocenters. The van der Waals surface area contributed by atoms with Crippen LogP contribution in [0.5, 0.6) is 0 Å². The molecular weight excluding hydrogens is 188 g/mol. The highest BCUT2D eigenvalue weighted by Crippen LogP contribution is 2.44. The molecule has 1 unspecified atom stereocenters. The van der Waals surface area contributed by atoms with Crippen molar-refractivity contribution in [2.45, 2.75) is 23.7 Å². The molecule has 2 rings (SSSR count). The number of nitrogens with two attached hydrogens (primary N) is 1. The van der Waals surface area contributed by atoms with Crippen LogP contribution >= 0.6 is 11.8 Å². The van der Waals surface area contributed by atoms with Crippen LogP contribution in [0.15, 0.2) is 0 Å². The summed E-state index contributed by atoms with van der Waals surface area (Å²) in [5.74, 6) is -0.106. The Morgan fingerprint density at radius 2 is 2.54 bits per heavy atom. The molecule has 0 aromatic carbocycles. The van der Waals surface area contributed by atoms with Crippen LogP contribution in [-0.2, 0) is 4.79 Å². The zero-order valence-corrected chi connectivity index (χ0v) is 8.33. The number of rotatable bonds is 2. The molecule has 2 saturated heterocycles. The minimum Gasteiger partial charge on any atom is -0.392 e. The lowest BCUT2D eigenvalue weighted by Crippen LogP contribution is -2.60. The number of aliphatic hydroxyl groups is 1.